The second-order valence-corrected chi connectivity index (χ2v) is 7.14. The van der Waals surface area contributed by atoms with E-state index in [1.165, 1.54) is 12.1 Å². The topological polar surface area (TPSA) is 63.6 Å². The lowest BCUT2D eigenvalue weighted by molar-refractivity contribution is -0.137. The molecule has 1 aromatic heterocycles. The number of benzene rings is 2. The maximum atomic E-state index is 12.6. The third-order valence-corrected chi connectivity index (χ3v) is 5.03. The van der Waals surface area contributed by atoms with Crippen molar-refractivity contribution in [3.8, 4) is 5.75 Å². The van der Waals surface area contributed by atoms with Gasteiger partial charge in [-0.25, -0.2) is 0 Å². The van der Waals surface area contributed by atoms with E-state index in [1.54, 1.807) is 17.0 Å². The van der Waals surface area contributed by atoms with E-state index >= 15 is 0 Å². The van der Waals surface area contributed by atoms with Crippen LogP contribution in [0, 0.1) is 0 Å². The molecule has 0 saturated carbocycles. The highest BCUT2D eigenvalue weighted by Crippen LogP contribution is 2.30. The number of aromatic nitrogens is 1. The van der Waals surface area contributed by atoms with Gasteiger partial charge in [0, 0.05) is 35.9 Å². The summed E-state index contributed by atoms with van der Waals surface area (Å²) in [6, 6.07) is 11.3. The average Bonchev–Trinajstić information content (AvgIpc) is 3.14. The Morgan fingerprint density at radius 3 is 2.34 bits per heavy atom. The van der Waals surface area contributed by atoms with Crippen LogP contribution in [-0.2, 0) is 22.3 Å². The molecular formula is C23H24F3N3O3. The monoisotopic (exact) mass is 447 g/mol. The van der Waals surface area contributed by atoms with Gasteiger partial charge in [0.2, 0.25) is 5.91 Å². The number of nitrogens with one attached hydrogen (secondary N) is 1. The largest absolute Gasteiger partial charge is 0.484 e. The molecule has 0 aliphatic rings. The van der Waals surface area contributed by atoms with E-state index in [0.717, 1.165) is 23.0 Å². The Kier molecular flexibility index (Phi) is 7.07. The van der Waals surface area contributed by atoms with E-state index in [-0.39, 0.29) is 24.8 Å². The van der Waals surface area contributed by atoms with Gasteiger partial charge in [-0.15, -0.1) is 0 Å². The zero-order valence-corrected chi connectivity index (χ0v) is 17.8. The molecule has 2 amide bonds. The number of amides is 2. The van der Waals surface area contributed by atoms with Gasteiger partial charge in [-0.3, -0.25) is 9.59 Å². The molecule has 0 aliphatic heterocycles. The van der Waals surface area contributed by atoms with Crippen LogP contribution >= 0.6 is 0 Å². The smallest absolute Gasteiger partial charge is 0.416 e. The number of nitrogens with zero attached hydrogens (tertiary/aromatic N) is 2. The molecule has 3 rings (SSSR count). The molecule has 32 heavy (non-hydrogen) atoms. The maximum Gasteiger partial charge on any atom is 0.416 e. The summed E-state index contributed by atoms with van der Waals surface area (Å²) in [4.78, 5) is 26.3. The highest BCUT2D eigenvalue weighted by atomic mass is 19.4. The molecule has 0 spiro atoms. The van der Waals surface area contributed by atoms with Crippen molar-refractivity contribution in [2.24, 2.45) is 0 Å². The maximum absolute atomic E-state index is 12.6. The van der Waals surface area contributed by atoms with E-state index < -0.39 is 17.6 Å². The number of rotatable bonds is 8. The summed E-state index contributed by atoms with van der Waals surface area (Å²) in [5.74, 6) is -0.246. The van der Waals surface area contributed by atoms with Crippen LogP contribution in [0.2, 0.25) is 0 Å². The van der Waals surface area contributed by atoms with Crippen LogP contribution in [0.5, 0.6) is 5.75 Å². The first-order chi connectivity index (χ1) is 15.2. The molecule has 0 bridgehead atoms. The van der Waals surface area contributed by atoms with E-state index in [2.05, 4.69) is 5.32 Å². The number of anilines is 1. The van der Waals surface area contributed by atoms with Gasteiger partial charge in [0.25, 0.3) is 5.91 Å². The lowest BCUT2D eigenvalue weighted by atomic mass is 10.2. The third-order valence-electron chi connectivity index (χ3n) is 5.03. The fraction of sp³-hybridized carbons (Fsp3) is 0.304. The van der Waals surface area contributed by atoms with Crippen molar-refractivity contribution in [2.75, 3.05) is 25.0 Å². The lowest BCUT2D eigenvalue weighted by Gasteiger charge is -2.19. The molecule has 6 nitrogen and oxygen atoms in total. The van der Waals surface area contributed by atoms with Crippen LogP contribution in [0.3, 0.4) is 0 Å². The highest BCUT2D eigenvalue weighted by molar-refractivity contribution is 5.95. The van der Waals surface area contributed by atoms with Crippen LogP contribution in [-0.4, -0.2) is 41.0 Å². The summed E-state index contributed by atoms with van der Waals surface area (Å²) < 4.78 is 44.9. The standard InChI is InChI=1S/C23H24F3N3O3/c1-3-28(4-2)22(31)14-29-12-11-16-13-18(7-10-20(16)29)27-21(30)15-32-19-8-5-17(6-9-19)23(24,25)26/h5-13H,3-4,14-15H2,1-2H3,(H,27,30). The molecule has 3 aromatic rings. The zero-order chi connectivity index (χ0) is 23.3. The fourth-order valence-electron chi connectivity index (χ4n) is 3.32. The van der Waals surface area contributed by atoms with Crippen molar-refractivity contribution in [3.63, 3.8) is 0 Å². The summed E-state index contributed by atoms with van der Waals surface area (Å²) in [5, 5.41) is 3.56. The number of carbonyl (C=O) groups is 2. The van der Waals surface area contributed by atoms with Gasteiger partial charge in [0.1, 0.15) is 12.3 Å². The van der Waals surface area contributed by atoms with Crippen molar-refractivity contribution >= 4 is 28.4 Å². The molecule has 1 N–H and O–H groups in total. The van der Waals surface area contributed by atoms with E-state index in [0.29, 0.717) is 18.8 Å². The van der Waals surface area contributed by atoms with Gasteiger partial charge in [-0.05, 0) is 62.4 Å². The minimum atomic E-state index is -4.42. The Hall–Kier alpha value is -3.49. The molecule has 2 aromatic carbocycles. The van der Waals surface area contributed by atoms with Gasteiger partial charge in [0.15, 0.2) is 6.61 Å². The molecular weight excluding hydrogens is 423 g/mol. The number of hydrogen-bond donors (Lipinski definition) is 1. The second kappa shape index (κ2) is 9.76. The Bertz CT molecular complexity index is 1090. The molecule has 0 fully saturated rings. The van der Waals surface area contributed by atoms with Crippen LogP contribution in [0.1, 0.15) is 19.4 Å². The first-order valence-electron chi connectivity index (χ1n) is 10.2. The molecule has 0 aliphatic carbocycles. The number of likely N-dealkylation sites (N-methyl/N-ethyl adjacent to an activating group) is 1. The number of ether oxygens (including phenoxy) is 1. The number of hydrogen-bond acceptors (Lipinski definition) is 3. The fourth-order valence-corrected chi connectivity index (χ4v) is 3.32. The quantitative estimate of drug-likeness (QED) is 0.551. The Morgan fingerprint density at radius 2 is 1.72 bits per heavy atom. The Morgan fingerprint density at radius 1 is 1.03 bits per heavy atom. The molecule has 9 heteroatoms. The number of fused-ring (bicyclic) bond motifs is 1. The third kappa shape index (κ3) is 5.60. The van der Waals surface area contributed by atoms with Crippen molar-refractivity contribution in [1.29, 1.82) is 0 Å². The van der Waals surface area contributed by atoms with E-state index in [1.807, 2.05) is 36.7 Å². The zero-order valence-electron chi connectivity index (χ0n) is 17.8. The summed E-state index contributed by atoms with van der Waals surface area (Å²) in [5.41, 5.74) is 0.629. The lowest BCUT2D eigenvalue weighted by Crippen LogP contribution is -2.33. The SMILES string of the molecule is CCN(CC)C(=O)Cn1ccc2cc(NC(=O)COc3ccc(C(F)(F)F)cc3)ccc21. The van der Waals surface area contributed by atoms with Crippen LogP contribution in [0.4, 0.5) is 18.9 Å². The first kappa shape index (κ1) is 23.2. The van der Waals surface area contributed by atoms with Crippen molar-refractivity contribution in [2.45, 2.75) is 26.6 Å². The van der Waals surface area contributed by atoms with Gasteiger partial charge in [-0.1, -0.05) is 0 Å². The average molecular weight is 447 g/mol. The van der Waals surface area contributed by atoms with Crippen molar-refractivity contribution in [3.05, 3.63) is 60.3 Å². The van der Waals surface area contributed by atoms with Crippen LogP contribution < -0.4 is 10.1 Å². The first-order valence-corrected chi connectivity index (χ1v) is 10.2. The van der Waals surface area contributed by atoms with E-state index in [9.17, 15) is 22.8 Å². The van der Waals surface area contributed by atoms with Crippen LogP contribution in [0.25, 0.3) is 10.9 Å². The Balaban J connectivity index is 1.59. The van der Waals surface area contributed by atoms with Gasteiger partial charge in [-0.2, -0.15) is 13.2 Å². The summed E-state index contributed by atoms with van der Waals surface area (Å²) in [6.07, 6.45) is -2.60. The molecule has 1 heterocycles. The predicted molar refractivity (Wildman–Crippen MR) is 115 cm³/mol. The van der Waals surface area contributed by atoms with Crippen molar-refractivity contribution in [1.82, 2.24) is 9.47 Å². The second-order valence-electron chi connectivity index (χ2n) is 7.14. The minimum absolute atomic E-state index is 0.0327. The van der Waals surface area contributed by atoms with Crippen LogP contribution in [0.15, 0.2) is 54.7 Å². The number of carbonyl (C=O) groups excluding carboxylic acids is 2. The predicted octanol–water partition coefficient (Wildman–Crippen LogP) is 4.55. The molecule has 0 radical (unpaired) electrons. The molecule has 0 atom stereocenters. The highest BCUT2D eigenvalue weighted by Gasteiger charge is 2.30. The minimum Gasteiger partial charge on any atom is -0.484 e. The van der Waals surface area contributed by atoms with E-state index in [4.69, 9.17) is 4.74 Å². The molecule has 170 valence electrons. The molecule has 0 saturated heterocycles. The summed E-state index contributed by atoms with van der Waals surface area (Å²) >= 11 is 0. The summed E-state index contributed by atoms with van der Waals surface area (Å²) in [6.45, 7) is 5.07. The van der Waals surface area contributed by atoms with Gasteiger partial charge in [0.05, 0.1) is 5.56 Å². The Labute approximate surface area is 183 Å². The van der Waals surface area contributed by atoms with Gasteiger partial charge >= 0.3 is 6.18 Å². The van der Waals surface area contributed by atoms with Crippen molar-refractivity contribution < 1.29 is 27.5 Å². The summed E-state index contributed by atoms with van der Waals surface area (Å²) in [7, 11) is 0. The number of halogens is 3. The normalized spacial score (nSPS) is 11.4. The molecule has 0 unspecified atom stereocenters. The number of alkyl halides is 3. The van der Waals surface area contributed by atoms with Gasteiger partial charge < -0.3 is 19.5 Å².